The van der Waals surface area contributed by atoms with Gasteiger partial charge >= 0.3 is 0 Å². The standard InChI is InChI=1S/C15H15FN2O4S/c1-10(12-5-3-4-6-13(12)16)17-14-8-7-11(23(2,21)22)9-15(14)18(19)20/h3-10,17H,1-2H3/t10-/m1/s1. The van der Waals surface area contributed by atoms with Crippen LogP contribution in [0, 0.1) is 15.9 Å². The van der Waals surface area contributed by atoms with Gasteiger partial charge in [0.05, 0.1) is 15.9 Å². The SMILES string of the molecule is C[C@@H](Nc1ccc(S(C)(=O)=O)cc1[N+](=O)[O-])c1ccccc1F. The van der Waals surface area contributed by atoms with Crippen molar-refractivity contribution in [2.24, 2.45) is 0 Å². The van der Waals surface area contributed by atoms with E-state index in [1.165, 1.54) is 18.2 Å². The summed E-state index contributed by atoms with van der Waals surface area (Å²) in [5.41, 5.74) is 0.100. The summed E-state index contributed by atoms with van der Waals surface area (Å²) in [5.74, 6) is -0.428. The molecule has 0 saturated heterocycles. The molecule has 2 aromatic rings. The fraction of sp³-hybridized carbons (Fsp3) is 0.200. The van der Waals surface area contributed by atoms with Gasteiger partial charge in [0.25, 0.3) is 5.69 Å². The summed E-state index contributed by atoms with van der Waals surface area (Å²) in [6.07, 6.45) is 0.973. The Bertz CT molecular complexity index is 852. The molecule has 0 fully saturated rings. The van der Waals surface area contributed by atoms with Crippen LogP contribution in [0.4, 0.5) is 15.8 Å². The van der Waals surface area contributed by atoms with Gasteiger partial charge in [-0.2, -0.15) is 0 Å². The predicted octanol–water partition coefficient (Wildman–Crippen LogP) is 3.31. The minimum atomic E-state index is -3.56. The summed E-state index contributed by atoms with van der Waals surface area (Å²) in [4.78, 5) is 10.4. The van der Waals surface area contributed by atoms with E-state index in [9.17, 15) is 22.9 Å². The van der Waals surface area contributed by atoms with Gasteiger partial charge in [0.15, 0.2) is 9.84 Å². The Morgan fingerprint density at radius 2 is 1.87 bits per heavy atom. The van der Waals surface area contributed by atoms with Gasteiger partial charge in [-0.25, -0.2) is 12.8 Å². The Kier molecular flexibility index (Phi) is 4.65. The molecule has 23 heavy (non-hydrogen) atoms. The number of nitrogens with zero attached hydrogens (tertiary/aromatic N) is 1. The molecule has 0 amide bonds. The molecule has 0 saturated carbocycles. The van der Waals surface area contributed by atoms with Crippen LogP contribution in [0.3, 0.4) is 0 Å². The third-order valence-electron chi connectivity index (χ3n) is 3.34. The maximum absolute atomic E-state index is 13.8. The molecule has 1 N–H and O–H groups in total. The molecule has 0 aromatic heterocycles. The lowest BCUT2D eigenvalue weighted by Crippen LogP contribution is -2.10. The Morgan fingerprint density at radius 3 is 2.43 bits per heavy atom. The second kappa shape index (κ2) is 6.33. The maximum Gasteiger partial charge on any atom is 0.293 e. The molecule has 6 nitrogen and oxygen atoms in total. The average Bonchev–Trinajstić information content (AvgIpc) is 2.46. The Hall–Kier alpha value is -2.48. The number of hydrogen-bond donors (Lipinski definition) is 1. The van der Waals surface area contributed by atoms with Crippen LogP contribution in [-0.2, 0) is 9.84 Å². The quantitative estimate of drug-likeness (QED) is 0.667. The van der Waals surface area contributed by atoms with Crippen molar-refractivity contribution >= 4 is 21.2 Å². The number of rotatable bonds is 5. The van der Waals surface area contributed by atoms with Crippen LogP contribution in [0.15, 0.2) is 47.4 Å². The lowest BCUT2D eigenvalue weighted by Gasteiger charge is -2.16. The van der Waals surface area contributed by atoms with Crippen molar-refractivity contribution < 1.29 is 17.7 Å². The molecule has 0 aliphatic heterocycles. The van der Waals surface area contributed by atoms with Crippen molar-refractivity contribution in [2.45, 2.75) is 17.9 Å². The number of benzene rings is 2. The highest BCUT2D eigenvalue weighted by atomic mass is 32.2. The van der Waals surface area contributed by atoms with Crippen molar-refractivity contribution in [3.8, 4) is 0 Å². The molecule has 0 radical (unpaired) electrons. The zero-order chi connectivity index (χ0) is 17.2. The van der Waals surface area contributed by atoms with E-state index >= 15 is 0 Å². The van der Waals surface area contributed by atoms with E-state index in [-0.39, 0.29) is 16.3 Å². The first-order valence-electron chi connectivity index (χ1n) is 6.69. The third kappa shape index (κ3) is 3.84. The zero-order valence-corrected chi connectivity index (χ0v) is 13.3. The van der Waals surface area contributed by atoms with Crippen molar-refractivity contribution in [1.29, 1.82) is 0 Å². The normalized spacial score (nSPS) is 12.7. The lowest BCUT2D eigenvalue weighted by molar-refractivity contribution is -0.384. The first-order chi connectivity index (χ1) is 10.7. The number of anilines is 1. The fourth-order valence-electron chi connectivity index (χ4n) is 2.15. The van der Waals surface area contributed by atoms with Gasteiger partial charge in [-0.15, -0.1) is 0 Å². The van der Waals surface area contributed by atoms with E-state index in [0.717, 1.165) is 12.3 Å². The van der Waals surface area contributed by atoms with Crippen LogP contribution in [0.1, 0.15) is 18.5 Å². The molecule has 0 aliphatic rings. The van der Waals surface area contributed by atoms with Crippen molar-refractivity contribution in [2.75, 3.05) is 11.6 Å². The van der Waals surface area contributed by atoms with Gasteiger partial charge in [-0.05, 0) is 25.1 Å². The number of nitro groups is 1. The summed E-state index contributed by atoms with van der Waals surface area (Å²) in [7, 11) is -3.56. The van der Waals surface area contributed by atoms with Crippen LogP contribution in [-0.4, -0.2) is 19.6 Å². The number of nitrogens with one attached hydrogen (secondary N) is 1. The first kappa shape index (κ1) is 16.9. The molecular formula is C15H15FN2O4S. The van der Waals surface area contributed by atoms with E-state index < -0.39 is 26.6 Å². The van der Waals surface area contributed by atoms with Crippen LogP contribution >= 0.6 is 0 Å². The van der Waals surface area contributed by atoms with Crippen LogP contribution in [0.25, 0.3) is 0 Å². The zero-order valence-electron chi connectivity index (χ0n) is 12.5. The minimum absolute atomic E-state index is 0.123. The largest absolute Gasteiger partial charge is 0.373 e. The number of hydrogen-bond acceptors (Lipinski definition) is 5. The van der Waals surface area contributed by atoms with Gasteiger partial charge in [0, 0.05) is 17.9 Å². The summed E-state index contributed by atoms with van der Waals surface area (Å²) in [5, 5.41) is 14.0. The summed E-state index contributed by atoms with van der Waals surface area (Å²) in [6.45, 7) is 1.66. The second-order valence-electron chi connectivity index (χ2n) is 5.10. The van der Waals surface area contributed by atoms with Crippen molar-refractivity contribution in [1.82, 2.24) is 0 Å². The molecule has 1 atom stereocenters. The Balaban J connectivity index is 2.40. The molecule has 0 bridgehead atoms. The van der Waals surface area contributed by atoms with E-state index in [2.05, 4.69) is 5.32 Å². The van der Waals surface area contributed by atoms with E-state index in [0.29, 0.717) is 5.56 Å². The summed E-state index contributed by atoms with van der Waals surface area (Å²) in [6, 6.07) is 9.14. The number of nitro benzene ring substituents is 1. The molecule has 8 heteroatoms. The average molecular weight is 338 g/mol. The first-order valence-corrected chi connectivity index (χ1v) is 8.58. The maximum atomic E-state index is 13.8. The van der Waals surface area contributed by atoms with E-state index in [1.807, 2.05) is 0 Å². The summed E-state index contributed by atoms with van der Waals surface area (Å²) >= 11 is 0. The monoisotopic (exact) mass is 338 g/mol. The lowest BCUT2D eigenvalue weighted by atomic mass is 10.1. The van der Waals surface area contributed by atoms with Gasteiger partial charge in [-0.1, -0.05) is 18.2 Å². The van der Waals surface area contributed by atoms with Crippen molar-refractivity contribution in [3.05, 3.63) is 64.0 Å². The molecule has 2 rings (SSSR count). The molecule has 122 valence electrons. The number of halogens is 1. The fourth-order valence-corrected chi connectivity index (χ4v) is 2.79. The third-order valence-corrected chi connectivity index (χ3v) is 4.45. The minimum Gasteiger partial charge on any atom is -0.373 e. The molecular weight excluding hydrogens is 323 g/mol. The van der Waals surface area contributed by atoms with Crippen LogP contribution < -0.4 is 5.32 Å². The number of sulfone groups is 1. The molecule has 0 spiro atoms. The van der Waals surface area contributed by atoms with Gasteiger partial charge < -0.3 is 5.32 Å². The molecule has 0 heterocycles. The molecule has 0 aliphatic carbocycles. The second-order valence-corrected chi connectivity index (χ2v) is 7.11. The van der Waals surface area contributed by atoms with Gasteiger partial charge in [0.1, 0.15) is 11.5 Å². The van der Waals surface area contributed by atoms with Gasteiger partial charge in [-0.3, -0.25) is 10.1 Å². The molecule has 2 aromatic carbocycles. The highest BCUT2D eigenvalue weighted by Gasteiger charge is 2.20. The Morgan fingerprint density at radius 1 is 1.22 bits per heavy atom. The van der Waals surface area contributed by atoms with Crippen LogP contribution in [0.5, 0.6) is 0 Å². The molecule has 0 unspecified atom stereocenters. The van der Waals surface area contributed by atoms with E-state index in [4.69, 9.17) is 0 Å². The van der Waals surface area contributed by atoms with E-state index in [1.54, 1.807) is 25.1 Å². The smallest absolute Gasteiger partial charge is 0.293 e. The highest BCUT2D eigenvalue weighted by molar-refractivity contribution is 7.90. The predicted molar refractivity (Wildman–Crippen MR) is 84.6 cm³/mol. The summed E-state index contributed by atoms with van der Waals surface area (Å²) < 4.78 is 36.8. The van der Waals surface area contributed by atoms with Gasteiger partial charge in [0.2, 0.25) is 0 Å². The van der Waals surface area contributed by atoms with Crippen LogP contribution in [0.2, 0.25) is 0 Å². The highest BCUT2D eigenvalue weighted by Crippen LogP contribution is 2.31. The topological polar surface area (TPSA) is 89.3 Å². The Labute approximate surface area is 133 Å². The van der Waals surface area contributed by atoms with Crippen molar-refractivity contribution in [3.63, 3.8) is 0 Å².